The summed E-state index contributed by atoms with van der Waals surface area (Å²) in [5.41, 5.74) is 3.66. The predicted molar refractivity (Wildman–Crippen MR) is 107 cm³/mol. The molecule has 0 amide bonds. The van der Waals surface area contributed by atoms with Crippen LogP contribution in [0.15, 0.2) is 65.2 Å². The Morgan fingerprint density at radius 2 is 1.83 bits per heavy atom. The zero-order valence-corrected chi connectivity index (χ0v) is 15.1. The summed E-state index contributed by atoms with van der Waals surface area (Å²) in [5.74, 6) is 0. The standard InChI is InChI=1S/C22H30N2/c1-3-24(4-2)18-9-8-17-23-22-14-10-13-21(19-22)16-15-20-11-6-5-7-12-20/h5-7,10-13,15-16,19H,3-4,8-9,14,17-18H2,1-2H3. The van der Waals surface area contributed by atoms with E-state index in [1.807, 2.05) is 6.07 Å². The summed E-state index contributed by atoms with van der Waals surface area (Å²) in [5, 5.41) is 0. The van der Waals surface area contributed by atoms with Crippen LogP contribution in [0, 0.1) is 0 Å². The molecule has 0 fully saturated rings. The summed E-state index contributed by atoms with van der Waals surface area (Å²) in [6, 6.07) is 10.4. The molecule has 24 heavy (non-hydrogen) atoms. The van der Waals surface area contributed by atoms with Crippen molar-refractivity contribution in [2.24, 2.45) is 4.99 Å². The molecule has 0 saturated heterocycles. The molecule has 2 rings (SSSR count). The lowest BCUT2D eigenvalue weighted by molar-refractivity contribution is 0.298. The molecular weight excluding hydrogens is 292 g/mol. The lowest BCUT2D eigenvalue weighted by atomic mass is 10.0. The van der Waals surface area contributed by atoms with Crippen molar-refractivity contribution in [3.8, 4) is 0 Å². The molecule has 1 aliphatic rings. The molecule has 2 heteroatoms. The van der Waals surface area contributed by atoms with Gasteiger partial charge in [0.2, 0.25) is 0 Å². The second-order valence-corrected chi connectivity index (χ2v) is 6.10. The van der Waals surface area contributed by atoms with Crippen LogP contribution in [0.5, 0.6) is 0 Å². The molecule has 2 nitrogen and oxygen atoms in total. The third-order valence-corrected chi connectivity index (χ3v) is 4.33. The van der Waals surface area contributed by atoms with Crippen molar-refractivity contribution < 1.29 is 0 Å². The van der Waals surface area contributed by atoms with E-state index in [1.165, 1.54) is 36.2 Å². The lowest BCUT2D eigenvalue weighted by Crippen LogP contribution is -2.24. The zero-order chi connectivity index (χ0) is 17.0. The Morgan fingerprint density at radius 3 is 2.58 bits per heavy atom. The van der Waals surface area contributed by atoms with E-state index in [1.54, 1.807) is 0 Å². The van der Waals surface area contributed by atoms with Crippen molar-refractivity contribution in [2.45, 2.75) is 33.1 Å². The van der Waals surface area contributed by atoms with Crippen molar-refractivity contribution in [1.29, 1.82) is 0 Å². The zero-order valence-electron chi connectivity index (χ0n) is 15.1. The molecule has 0 unspecified atom stereocenters. The maximum atomic E-state index is 4.77. The smallest absolute Gasteiger partial charge is 0.0393 e. The number of nitrogens with zero attached hydrogens (tertiary/aromatic N) is 2. The number of hydrogen-bond acceptors (Lipinski definition) is 2. The average molecular weight is 322 g/mol. The monoisotopic (exact) mass is 322 g/mol. The van der Waals surface area contributed by atoms with Crippen LogP contribution in [-0.4, -0.2) is 36.8 Å². The molecule has 1 aromatic carbocycles. The van der Waals surface area contributed by atoms with Crippen LogP contribution >= 0.6 is 0 Å². The average Bonchev–Trinajstić information content (AvgIpc) is 2.64. The molecule has 0 spiro atoms. The van der Waals surface area contributed by atoms with Crippen LogP contribution < -0.4 is 0 Å². The largest absolute Gasteiger partial charge is 0.304 e. The van der Waals surface area contributed by atoms with Gasteiger partial charge in [0.1, 0.15) is 0 Å². The fourth-order valence-electron chi connectivity index (χ4n) is 2.80. The quantitative estimate of drug-likeness (QED) is 0.574. The highest BCUT2D eigenvalue weighted by Gasteiger charge is 2.01. The minimum Gasteiger partial charge on any atom is -0.304 e. The molecule has 1 aromatic rings. The second-order valence-electron chi connectivity index (χ2n) is 6.10. The summed E-state index contributed by atoms with van der Waals surface area (Å²) in [6.45, 7) is 8.89. The molecular formula is C22H30N2. The van der Waals surface area contributed by atoms with Gasteiger partial charge in [-0.15, -0.1) is 0 Å². The van der Waals surface area contributed by atoms with E-state index in [0.717, 1.165) is 26.1 Å². The number of aliphatic imine (C=N–C) groups is 1. The third-order valence-electron chi connectivity index (χ3n) is 4.33. The van der Waals surface area contributed by atoms with Crippen molar-refractivity contribution in [3.05, 3.63) is 65.8 Å². The molecule has 0 saturated carbocycles. The minimum atomic E-state index is 0.941. The molecule has 0 atom stereocenters. The minimum absolute atomic E-state index is 0.941. The molecule has 0 N–H and O–H groups in total. The maximum absolute atomic E-state index is 4.77. The van der Waals surface area contributed by atoms with Gasteiger partial charge >= 0.3 is 0 Å². The van der Waals surface area contributed by atoms with Crippen LogP contribution in [0.25, 0.3) is 6.08 Å². The van der Waals surface area contributed by atoms with E-state index >= 15 is 0 Å². The number of hydrogen-bond donors (Lipinski definition) is 0. The normalized spacial score (nSPS) is 16.3. The van der Waals surface area contributed by atoms with Crippen LogP contribution in [-0.2, 0) is 0 Å². The predicted octanol–water partition coefficient (Wildman–Crippen LogP) is 5.15. The van der Waals surface area contributed by atoms with Gasteiger partial charge in [0.25, 0.3) is 0 Å². The molecule has 0 aromatic heterocycles. The van der Waals surface area contributed by atoms with Crippen molar-refractivity contribution in [1.82, 2.24) is 4.90 Å². The van der Waals surface area contributed by atoms with E-state index in [9.17, 15) is 0 Å². The molecule has 128 valence electrons. The molecule has 0 aliphatic heterocycles. The van der Waals surface area contributed by atoms with Crippen LogP contribution in [0.1, 0.15) is 38.7 Å². The number of benzene rings is 1. The van der Waals surface area contributed by atoms with E-state index in [-0.39, 0.29) is 0 Å². The first-order valence-electron chi connectivity index (χ1n) is 9.19. The van der Waals surface area contributed by atoms with E-state index in [2.05, 4.69) is 73.4 Å². The van der Waals surface area contributed by atoms with Gasteiger partial charge in [0.15, 0.2) is 0 Å². The van der Waals surface area contributed by atoms with Gasteiger partial charge in [-0.05, 0) is 49.7 Å². The van der Waals surface area contributed by atoms with Gasteiger partial charge in [-0.25, -0.2) is 0 Å². The SMILES string of the molecule is CCN(CC)CCCCN=C1C=C(C=Cc2ccccc2)C=CC1. The molecule has 0 radical (unpaired) electrons. The van der Waals surface area contributed by atoms with Crippen molar-refractivity contribution in [3.63, 3.8) is 0 Å². The summed E-state index contributed by atoms with van der Waals surface area (Å²) in [6.07, 6.45) is 14.3. The first-order valence-corrected chi connectivity index (χ1v) is 9.19. The fourth-order valence-corrected chi connectivity index (χ4v) is 2.80. The van der Waals surface area contributed by atoms with Gasteiger partial charge in [-0.2, -0.15) is 0 Å². The van der Waals surface area contributed by atoms with Gasteiger partial charge in [-0.3, -0.25) is 4.99 Å². The van der Waals surface area contributed by atoms with Gasteiger partial charge in [0, 0.05) is 18.7 Å². The highest BCUT2D eigenvalue weighted by molar-refractivity contribution is 5.98. The lowest BCUT2D eigenvalue weighted by Gasteiger charge is -2.17. The van der Waals surface area contributed by atoms with Crippen molar-refractivity contribution in [2.75, 3.05) is 26.2 Å². The number of allylic oxidation sites excluding steroid dienone is 5. The molecule has 0 bridgehead atoms. The van der Waals surface area contributed by atoms with Crippen LogP contribution in [0.3, 0.4) is 0 Å². The molecule has 1 aliphatic carbocycles. The third kappa shape index (κ3) is 6.67. The van der Waals surface area contributed by atoms with Crippen molar-refractivity contribution >= 4 is 11.8 Å². The Bertz CT molecular complexity index is 590. The van der Waals surface area contributed by atoms with Crippen LogP contribution in [0.4, 0.5) is 0 Å². The molecule has 0 heterocycles. The summed E-state index contributed by atoms with van der Waals surface area (Å²) >= 11 is 0. The van der Waals surface area contributed by atoms with E-state index in [0.29, 0.717) is 0 Å². The van der Waals surface area contributed by atoms with Crippen LogP contribution in [0.2, 0.25) is 0 Å². The van der Waals surface area contributed by atoms with Gasteiger partial charge < -0.3 is 4.90 Å². The highest BCUT2D eigenvalue weighted by Crippen LogP contribution is 2.12. The number of rotatable bonds is 9. The fraction of sp³-hybridized carbons (Fsp3) is 0.409. The summed E-state index contributed by atoms with van der Waals surface area (Å²) in [7, 11) is 0. The van der Waals surface area contributed by atoms with Gasteiger partial charge in [0.05, 0.1) is 0 Å². The summed E-state index contributed by atoms with van der Waals surface area (Å²) < 4.78 is 0. The second kappa shape index (κ2) is 10.8. The number of unbranched alkanes of at least 4 members (excludes halogenated alkanes) is 1. The first-order chi connectivity index (χ1) is 11.8. The Kier molecular flexibility index (Phi) is 8.26. The highest BCUT2D eigenvalue weighted by atomic mass is 15.1. The van der Waals surface area contributed by atoms with Gasteiger partial charge in [-0.1, -0.05) is 68.5 Å². The Labute approximate surface area is 147 Å². The summed E-state index contributed by atoms with van der Waals surface area (Å²) in [4.78, 5) is 7.25. The Hall–Kier alpha value is -1.93. The van der Waals surface area contributed by atoms with E-state index in [4.69, 9.17) is 4.99 Å². The Balaban J connectivity index is 1.80. The topological polar surface area (TPSA) is 15.6 Å². The Morgan fingerprint density at radius 1 is 1.04 bits per heavy atom. The maximum Gasteiger partial charge on any atom is 0.0393 e. The van der Waals surface area contributed by atoms with E-state index < -0.39 is 0 Å². The first kappa shape index (κ1) is 18.4.